The zero-order chi connectivity index (χ0) is 70.9. The number of rotatable bonds is 75. The minimum atomic E-state index is -4.96. The summed E-state index contributed by atoms with van der Waals surface area (Å²) in [5, 5.41) is 10.6. The Morgan fingerprint density at radius 2 is 0.479 bits per heavy atom. The van der Waals surface area contributed by atoms with Crippen LogP contribution < -0.4 is 0 Å². The average molecular weight is 1410 g/mol. The first-order valence-corrected chi connectivity index (χ1v) is 42.8. The molecule has 570 valence electrons. The van der Waals surface area contributed by atoms with Crippen molar-refractivity contribution in [2.24, 2.45) is 17.8 Å². The Morgan fingerprint density at radius 3 is 0.708 bits per heavy atom. The summed E-state index contributed by atoms with van der Waals surface area (Å²) in [7, 11) is -9.91. The number of hydrogen-bond acceptors (Lipinski definition) is 15. The number of unbranched alkanes of at least 4 members (excludes halogenated alkanes) is 43. The van der Waals surface area contributed by atoms with Gasteiger partial charge in [-0.05, 0) is 43.4 Å². The second-order valence-corrected chi connectivity index (χ2v) is 32.1. The molecule has 0 bridgehead atoms. The molecule has 0 saturated carbocycles. The maximum absolute atomic E-state index is 13.1. The second-order valence-electron chi connectivity index (χ2n) is 29.2. The largest absolute Gasteiger partial charge is 0.472 e. The summed E-state index contributed by atoms with van der Waals surface area (Å²) in [6, 6.07) is 0. The molecule has 0 saturated heterocycles. The Labute approximate surface area is 588 Å². The van der Waals surface area contributed by atoms with Crippen LogP contribution in [0.3, 0.4) is 0 Å². The molecule has 0 aromatic carbocycles. The minimum absolute atomic E-state index is 0.103. The molecule has 2 unspecified atom stereocenters. The summed E-state index contributed by atoms with van der Waals surface area (Å²) >= 11 is 0. The van der Waals surface area contributed by atoms with E-state index in [2.05, 4.69) is 48.5 Å². The molecule has 17 nitrogen and oxygen atoms in total. The Kier molecular flexibility index (Phi) is 66.2. The number of ether oxygens (including phenoxy) is 4. The van der Waals surface area contributed by atoms with Crippen molar-refractivity contribution < 1.29 is 80.2 Å². The fraction of sp³-hybridized carbons (Fsp3) is 0.948. The number of carbonyl (C=O) groups excluding carboxylic acids is 4. The van der Waals surface area contributed by atoms with Crippen molar-refractivity contribution in [1.82, 2.24) is 0 Å². The van der Waals surface area contributed by atoms with Crippen molar-refractivity contribution in [2.75, 3.05) is 39.6 Å². The third kappa shape index (κ3) is 70.5. The monoisotopic (exact) mass is 1410 g/mol. The summed E-state index contributed by atoms with van der Waals surface area (Å²) in [6.45, 7) is 11.8. The molecule has 0 fully saturated rings. The zero-order valence-corrected chi connectivity index (χ0v) is 64.6. The number of aliphatic hydroxyl groups is 1. The van der Waals surface area contributed by atoms with Gasteiger partial charge in [0, 0.05) is 25.7 Å². The van der Waals surface area contributed by atoms with Gasteiger partial charge in [-0.15, -0.1) is 0 Å². The van der Waals surface area contributed by atoms with Gasteiger partial charge in [-0.1, -0.05) is 344 Å². The quantitative estimate of drug-likeness (QED) is 0.0222. The van der Waals surface area contributed by atoms with Gasteiger partial charge < -0.3 is 33.8 Å². The lowest BCUT2D eigenvalue weighted by Crippen LogP contribution is -2.30. The van der Waals surface area contributed by atoms with E-state index in [1.165, 1.54) is 199 Å². The van der Waals surface area contributed by atoms with Crippen LogP contribution in [0.4, 0.5) is 0 Å². The van der Waals surface area contributed by atoms with Gasteiger partial charge in [-0.25, -0.2) is 9.13 Å². The minimum Gasteiger partial charge on any atom is -0.462 e. The summed E-state index contributed by atoms with van der Waals surface area (Å²) in [5.41, 5.74) is 0. The molecule has 96 heavy (non-hydrogen) atoms. The SMILES string of the molecule is CCCCCCCCCCCCCCCCCCCCCC(=O)O[C@H](COC(=O)CCCCCCCCCCCCCCCCC(C)C)COP(=O)(O)OC[C@@H](O)COP(=O)(O)OC[C@@H](COC(=O)CCCCCCCCC(C)C)OC(=O)CCCCCCCCCCC(C)C. The van der Waals surface area contributed by atoms with E-state index in [9.17, 15) is 43.2 Å². The predicted octanol–water partition coefficient (Wildman–Crippen LogP) is 22.6. The lowest BCUT2D eigenvalue weighted by atomic mass is 10.0. The van der Waals surface area contributed by atoms with Crippen molar-refractivity contribution in [3.63, 3.8) is 0 Å². The highest BCUT2D eigenvalue weighted by Gasteiger charge is 2.30. The van der Waals surface area contributed by atoms with E-state index in [0.29, 0.717) is 31.6 Å². The van der Waals surface area contributed by atoms with Crippen LogP contribution in [0.5, 0.6) is 0 Å². The summed E-state index contributed by atoms with van der Waals surface area (Å²) in [4.78, 5) is 72.8. The van der Waals surface area contributed by atoms with Gasteiger partial charge in [0.05, 0.1) is 26.4 Å². The van der Waals surface area contributed by atoms with Gasteiger partial charge in [-0.2, -0.15) is 0 Å². The van der Waals surface area contributed by atoms with Crippen LogP contribution in [0.1, 0.15) is 395 Å². The fourth-order valence-electron chi connectivity index (χ4n) is 11.8. The maximum Gasteiger partial charge on any atom is 0.472 e. The fourth-order valence-corrected chi connectivity index (χ4v) is 13.4. The van der Waals surface area contributed by atoms with Gasteiger partial charge in [0.2, 0.25) is 0 Å². The first kappa shape index (κ1) is 94.1. The number of phosphoric ester groups is 2. The molecule has 5 atom stereocenters. The smallest absolute Gasteiger partial charge is 0.462 e. The molecular weight excluding hydrogens is 1260 g/mol. The Hall–Kier alpha value is -1.94. The van der Waals surface area contributed by atoms with Crippen molar-refractivity contribution in [2.45, 2.75) is 414 Å². The van der Waals surface area contributed by atoms with Gasteiger partial charge in [0.15, 0.2) is 12.2 Å². The molecule has 0 spiro atoms. The van der Waals surface area contributed by atoms with Gasteiger partial charge in [0.1, 0.15) is 19.3 Å². The lowest BCUT2D eigenvalue weighted by Gasteiger charge is -2.21. The summed E-state index contributed by atoms with van der Waals surface area (Å²) in [5.74, 6) is 0.0762. The standard InChI is InChI=1S/C77H150O17P2/c1-8-9-10-11-12-13-14-15-16-17-18-19-20-25-28-31-37-46-53-60-76(81)93-72(64-87-74(79)58-51-44-36-30-27-24-22-21-23-26-29-34-41-48-55-68(2)3)66-91-95(83,84)89-62-71(78)63-90-96(85,86)92-67-73(65-88-75(80)59-52-45-40-39-43-50-57-70(6)7)94-77(82)61-54-47-38-33-32-35-42-49-56-69(4)5/h68-73,78H,8-67H2,1-7H3,(H,83,84)(H,85,86)/t71-,72-,73-/m1/s1. The highest BCUT2D eigenvalue weighted by Crippen LogP contribution is 2.45. The van der Waals surface area contributed by atoms with E-state index in [1.807, 2.05) is 0 Å². The van der Waals surface area contributed by atoms with Crippen LogP contribution in [-0.4, -0.2) is 96.7 Å². The van der Waals surface area contributed by atoms with Crippen molar-refractivity contribution >= 4 is 39.5 Å². The van der Waals surface area contributed by atoms with Gasteiger partial charge in [0.25, 0.3) is 0 Å². The molecule has 0 rings (SSSR count). The Morgan fingerprint density at radius 1 is 0.281 bits per heavy atom. The normalized spacial score (nSPS) is 14.1. The van der Waals surface area contributed by atoms with Crippen LogP contribution in [0.25, 0.3) is 0 Å². The van der Waals surface area contributed by atoms with Crippen LogP contribution >= 0.6 is 15.6 Å². The third-order valence-corrected chi connectivity index (χ3v) is 19.8. The Bertz CT molecular complexity index is 1870. The molecule has 3 N–H and O–H groups in total. The number of esters is 4. The van der Waals surface area contributed by atoms with Crippen LogP contribution in [0.15, 0.2) is 0 Å². The lowest BCUT2D eigenvalue weighted by molar-refractivity contribution is -0.161. The van der Waals surface area contributed by atoms with E-state index in [1.54, 1.807) is 0 Å². The van der Waals surface area contributed by atoms with Gasteiger partial charge >= 0.3 is 39.5 Å². The summed E-state index contributed by atoms with van der Waals surface area (Å²) in [6.07, 6.45) is 54.4. The van der Waals surface area contributed by atoms with Crippen molar-refractivity contribution in [3.05, 3.63) is 0 Å². The molecule has 0 amide bonds. The number of carbonyl (C=O) groups is 4. The first-order valence-electron chi connectivity index (χ1n) is 39.8. The topological polar surface area (TPSA) is 237 Å². The van der Waals surface area contributed by atoms with E-state index in [4.69, 9.17) is 37.0 Å². The van der Waals surface area contributed by atoms with Crippen molar-refractivity contribution in [1.29, 1.82) is 0 Å². The molecule has 0 radical (unpaired) electrons. The van der Waals surface area contributed by atoms with E-state index >= 15 is 0 Å². The highest BCUT2D eigenvalue weighted by atomic mass is 31.2. The number of hydrogen-bond donors (Lipinski definition) is 3. The van der Waals surface area contributed by atoms with E-state index in [-0.39, 0.29) is 25.7 Å². The van der Waals surface area contributed by atoms with Crippen molar-refractivity contribution in [3.8, 4) is 0 Å². The van der Waals surface area contributed by atoms with E-state index in [0.717, 1.165) is 108 Å². The molecule has 0 heterocycles. The Balaban J connectivity index is 5.21. The maximum atomic E-state index is 13.1. The van der Waals surface area contributed by atoms with Gasteiger partial charge in [-0.3, -0.25) is 37.3 Å². The number of phosphoric acid groups is 2. The predicted molar refractivity (Wildman–Crippen MR) is 391 cm³/mol. The molecule has 0 aliphatic heterocycles. The molecular formula is C77H150O17P2. The molecule has 0 aliphatic rings. The highest BCUT2D eigenvalue weighted by molar-refractivity contribution is 7.47. The summed E-state index contributed by atoms with van der Waals surface area (Å²) < 4.78 is 68.5. The van der Waals surface area contributed by atoms with E-state index < -0.39 is 97.5 Å². The molecule has 0 aromatic heterocycles. The zero-order valence-electron chi connectivity index (χ0n) is 62.8. The third-order valence-electron chi connectivity index (χ3n) is 17.9. The molecule has 0 aromatic rings. The average Bonchev–Trinajstić information content (AvgIpc) is 1.59. The van der Waals surface area contributed by atoms with Crippen LogP contribution in [0, 0.1) is 17.8 Å². The van der Waals surface area contributed by atoms with Crippen LogP contribution in [-0.2, 0) is 65.4 Å². The molecule has 0 aliphatic carbocycles. The molecule has 19 heteroatoms. The number of aliphatic hydroxyl groups excluding tert-OH is 1. The second kappa shape index (κ2) is 67.5. The first-order chi connectivity index (χ1) is 46.2. The van der Waals surface area contributed by atoms with Crippen LogP contribution in [0.2, 0.25) is 0 Å².